The Morgan fingerprint density at radius 3 is 2.65 bits per heavy atom. The molecular weight excluding hydrogens is 212 g/mol. The van der Waals surface area contributed by atoms with Crippen LogP contribution in [0.2, 0.25) is 0 Å². The lowest BCUT2D eigenvalue weighted by molar-refractivity contribution is 0.404. The summed E-state index contributed by atoms with van der Waals surface area (Å²) in [5, 5.41) is 8.70. The van der Waals surface area contributed by atoms with Gasteiger partial charge in [-0.1, -0.05) is 26.0 Å². The molecule has 0 atom stereocenters. The van der Waals surface area contributed by atoms with Crippen LogP contribution in [0.15, 0.2) is 18.2 Å². The summed E-state index contributed by atoms with van der Waals surface area (Å²) in [6.45, 7) is 5.05. The molecule has 1 rings (SSSR count). The first kappa shape index (κ1) is 13.4. The van der Waals surface area contributed by atoms with Gasteiger partial charge in [-0.2, -0.15) is 5.26 Å². The lowest BCUT2D eigenvalue weighted by Crippen LogP contribution is -2.15. The van der Waals surface area contributed by atoms with E-state index in [4.69, 9.17) is 10.00 Å². The first-order valence-corrected chi connectivity index (χ1v) is 5.86. The van der Waals surface area contributed by atoms with Crippen molar-refractivity contribution in [3.05, 3.63) is 29.3 Å². The number of rotatable bonds is 5. The molecule has 17 heavy (non-hydrogen) atoms. The Hall–Kier alpha value is -1.69. The van der Waals surface area contributed by atoms with E-state index in [2.05, 4.69) is 38.2 Å². The van der Waals surface area contributed by atoms with Gasteiger partial charge in [0.05, 0.1) is 7.11 Å². The molecule has 0 spiro atoms. The van der Waals surface area contributed by atoms with E-state index in [0.29, 0.717) is 12.5 Å². The summed E-state index contributed by atoms with van der Waals surface area (Å²) in [5.41, 5.74) is 2.43. The maximum absolute atomic E-state index is 8.70. The maximum atomic E-state index is 8.70. The Labute approximate surface area is 104 Å². The van der Waals surface area contributed by atoms with Crippen LogP contribution >= 0.6 is 0 Å². The average Bonchev–Trinajstić information content (AvgIpc) is 2.35. The largest absolute Gasteiger partial charge is 0.496 e. The van der Waals surface area contributed by atoms with Crippen LogP contribution in [-0.4, -0.2) is 25.6 Å². The third kappa shape index (κ3) is 3.67. The van der Waals surface area contributed by atoms with E-state index >= 15 is 0 Å². The summed E-state index contributed by atoms with van der Waals surface area (Å²) in [4.78, 5) is 1.62. The van der Waals surface area contributed by atoms with E-state index in [1.54, 1.807) is 19.1 Å². The van der Waals surface area contributed by atoms with E-state index in [1.165, 1.54) is 5.56 Å². The van der Waals surface area contributed by atoms with Crippen LogP contribution in [0.1, 0.15) is 30.9 Å². The zero-order chi connectivity index (χ0) is 12.8. The van der Waals surface area contributed by atoms with Crippen molar-refractivity contribution in [3.63, 3.8) is 0 Å². The predicted molar refractivity (Wildman–Crippen MR) is 69.0 cm³/mol. The van der Waals surface area contributed by atoms with Crippen LogP contribution in [0.25, 0.3) is 0 Å². The average molecular weight is 232 g/mol. The number of nitriles is 1. The Morgan fingerprint density at radius 2 is 2.12 bits per heavy atom. The van der Waals surface area contributed by atoms with Crippen molar-refractivity contribution in [3.8, 4) is 11.9 Å². The Bertz CT molecular complexity index is 407. The molecule has 0 saturated carbocycles. The number of hydrogen-bond acceptors (Lipinski definition) is 3. The van der Waals surface area contributed by atoms with Crippen molar-refractivity contribution in [1.82, 2.24) is 4.90 Å². The van der Waals surface area contributed by atoms with Crippen molar-refractivity contribution >= 4 is 0 Å². The molecule has 0 radical (unpaired) electrons. The molecule has 1 aromatic rings. The molecule has 1 aromatic carbocycles. The molecule has 0 aromatic heterocycles. The molecule has 0 bridgehead atoms. The van der Waals surface area contributed by atoms with Gasteiger partial charge in [0.25, 0.3) is 0 Å². The van der Waals surface area contributed by atoms with Gasteiger partial charge in [0.15, 0.2) is 6.19 Å². The second-order valence-corrected chi connectivity index (χ2v) is 4.50. The van der Waals surface area contributed by atoms with Gasteiger partial charge >= 0.3 is 0 Å². The highest BCUT2D eigenvalue weighted by Crippen LogP contribution is 2.25. The molecule has 0 aliphatic carbocycles. The Kier molecular flexibility index (Phi) is 4.84. The van der Waals surface area contributed by atoms with E-state index in [0.717, 1.165) is 17.7 Å². The third-order valence-corrected chi connectivity index (χ3v) is 2.87. The number of methoxy groups -OCH3 is 1. The molecule has 0 aliphatic heterocycles. The standard InChI is InChI=1S/C14H20N2O/c1-11(2)13-6-5-12(14(9-13)17-4)7-8-16(3)10-15/h5-6,9,11H,7-8H2,1-4H3. The topological polar surface area (TPSA) is 36.3 Å². The summed E-state index contributed by atoms with van der Waals surface area (Å²) in [6.07, 6.45) is 2.92. The van der Waals surface area contributed by atoms with Crippen LogP contribution in [0.3, 0.4) is 0 Å². The molecule has 0 unspecified atom stereocenters. The summed E-state index contributed by atoms with van der Waals surface area (Å²) in [7, 11) is 3.48. The zero-order valence-corrected chi connectivity index (χ0v) is 11.0. The zero-order valence-electron chi connectivity index (χ0n) is 11.0. The van der Waals surface area contributed by atoms with Crippen LogP contribution in [0.5, 0.6) is 5.75 Å². The Balaban J connectivity index is 2.82. The van der Waals surface area contributed by atoms with Crippen molar-refractivity contribution in [2.45, 2.75) is 26.2 Å². The quantitative estimate of drug-likeness (QED) is 0.578. The fraction of sp³-hybridized carbons (Fsp3) is 0.500. The lowest BCUT2D eigenvalue weighted by Gasteiger charge is -2.14. The van der Waals surface area contributed by atoms with Gasteiger partial charge in [0.2, 0.25) is 0 Å². The first-order valence-electron chi connectivity index (χ1n) is 5.86. The van der Waals surface area contributed by atoms with E-state index in [1.807, 2.05) is 0 Å². The number of ether oxygens (including phenoxy) is 1. The number of hydrogen-bond donors (Lipinski definition) is 0. The van der Waals surface area contributed by atoms with Gasteiger partial charge < -0.3 is 9.64 Å². The maximum Gasteiger partial charge on any atom is 0.179 e. The van der Waals surface area contributed by atoms with E-state index in [-0.39, 0.29) is 0 Å². The van der Waals surface area contributed by atoms with Crippen molar-refractivity contribution in [2.75, 3.05) is 20.7 Å². The van der Waals surface area contributed by atoms with Crippen molar-refractivity contribution in [1.29, 1.82) is 5.26 Å². The highest BCUT2D eigenvalue weighted by molar-refractivity contribution is 5.39. The van der Waals surface area contributed by atoms with Gasteiger partial charge in [0, 0.05) is 13.6 Å². The molecule has 3 heteroatoms. The molecule has 0 amide bonds. The summed E-state index contributed by atoms with van der Waals surface area (Å²) >= 11 is 0. The SMILES string of the molecule is COc1cc(C(C)C)ccc1CCN(C)C#N. The van der Waals surface area contributed by atoms with Crippen LogP contribution in [-0.2, 0) is 6.42 Å². The lowest BCUT2D eigenvalue weighted by atomic mass is 10.00. The fourth-order valence-corrected chi connectivity index (χ4v) is 1.66. The normalized spacial score (nSPS) is 10.1. The second kappa shape index (κ2) is 6.15. The number of nitrogens with zero attached hydrogens (tertiary/aromatic N) is 2. The van der Waals surface area contributed by atoms with Crippen molar-refractivity contribution < 1.29 is 4.74 Å². The Morgan fingerprint density at radius 1 is 1.41 bits per heavy atom. The minimum absolute atomic E-state index is 0.500. The summed E-state index contributed by atoms with van der Waals surface area (Å²) in [6, 6.07) is 6.32. The molecule has 0 aliphatic rings. The third-order valence-electron chi connectivity index (χ3n) is 2.87. The molecule has 0 heterocycles. The molecule has 92 valence electrons. The molecule has 0 fully saturated rings. The molecule has 3 nitrogen and oxygen atoms in total. The summed E-state index contributed by atoms with van der Waals surface area (Å²) < 4.78 is 5.40. The molecular formula is C14H20N2O. The van der Waals surface area contributed by atoms with Gasteiger partial charge in [-0.15, -0.1) is 0 Å². The predicted octanol–water partition coefficient (Wildman–Crippen LogP) is 2.77. The smallest absolute Gasteiger partial charge is 0.179 e. The fourth-order valence-electron chi connectivity index (χ4n) is 1.66. The monoisotopic (exact) mass is 232 g/mol. The molecule has 0 N–H and O–H groups in total. The number of benzene rings is 1. The highest BCUT2D eigenvalue weighted by Gasteiger charge is 2.07. The van der Waals surface area contributed by atoms with Gasteiger partial charge in [-0.3, -0.25) is 0 Å². The minimum Gasteiger partial charge on any atom is -0.496 e. The minimum atomic E-state index is 0.500. The van der Waals surface area contributed by atoms with Crippen LogP contribution in [0.4, 0.5) is 0 Å². The van der Waals surface area contributed by atoms with E-state index < -0.39 is 0 Å². The summed E-state index contributed by atoms with van der Waals surface area (Å²) in [5.74, 6) is 1.42. The second-order valence-electron chi connectivity index (χ2n) is 4.50. The highest BCUT2D eigenvalue weighted by atomic mass is 16.5. The number of likely N-dealkylation sites (N-methyl/N-ethyl adjacent to an activating group) is 1. The van der Waals surface area contributed by atoms with Gasteiger partial charge in [-0.25, -0.2) is 0 Å². The van der Waals surface area contributed by atoms with E-state index in [9.17, 15) is 0 Å². The van der Waals surface area contributed by atoms with Crippen LogP contribution in [0, 0.1) is 11.5 Å². The van der Waals surface area contributed by atoms with Crippen LogP contribution < -0.4 is 4.74 Å². The van der Waals surface area contributed by atoms with Gasteiger partial charge in [0.1, 0.15) is 5.75 Å². The van der Waals surface area contributed by atoms with Gasteiger partial charge in [-0.05, 0) is 29.5 Å². The van der Waals surface area contributed by atoms with Crippen molar-refractivity contribution in [2.24, 2.45) is 0 Å². The molecule has 0 saturated heterocycles. The first-order chi connectivity index (χ1) is 8.08.